The van der Waals surface area contributed by atoms with Gasteiger partial charge in [-0.2, -0.15) is 11.3 Å². The van der Waals surface area contributed by atoms with E-state index < -0.39 is 5.97 Å². The van der Waals surface area contributed by atoms with Crippen molar-refractivity contribution in [3.63, 3.8) is 0 Å². The van der Waals surface area contributed by atoms with Gasteiger partial charge >= 0.3 is 5.97 Å². The molecule has 0 spiro atoms. The first-order valence-corrected chi connectivity index (χ1v) is 7.10. The fourth-order valence-corrected chi connectivity index (χ4v) is 2.40. The lowest BCUT2D eigenvalue weighted by Gasteiger charge is -2.13. The molecule has 18 heavy (non-hydrogen) atoms. The Hall–Kier alpha value is -1.36. The molecule has 4 nitrogen and oxygen atoms in total. The highest BCUT2D eigenvalue weighted by Crippen LogP contribution is 2.14. The molecule has 1 aromatic heterocycles. The van der Waals surface area contributed by atoms with Gasteiger partial charge in [-0.3, -0.25) is 9.59 Å². The van der Waals surface area contributed by atoms with Gasteiger partial charge in [0.2, 0.25) is 0 Å². The van der Waals surface area contributed by atoms with Crippen molar-refractivity contribution >= 4 is 23.2 Å². The molecule has 0 saturated carbocycles. The summed E-state index contributed by atoms with van der Waals surface area (Å²) in [6, 6.07) is 1.79. The molecule has 0 fully saturated rings. The predicted molar refractivity (Wildman–Crippen MR) is 71.9 cm³/mol. The number of carboxylic acid groups (broad SMARTS) is 1. The third kappa shape index (κ3) is 5.31. The second kappa shape index (κ2) is 7.87. The number of aliphatic carboxylic acids is 1. The molecule has 1 atom stereocenters. The highest BCUT2D eigenvalue weighted by Gasteiger charge is 2.10. The molecule has 0 aliphatic carbocycles. The molecule has 0 aromatic carbocycles. The number of nitrogens with one attached hydrogen (secondary N) is 1. The van der Waals surface area contributed by atoms with Gasteiger partial charge in [-0.25, -0.2) is 0 Å². The van der Waals surface area contributed by atoms with Crippen molar-refractivity contribution in [2.45, 2.75) is 32.6 Å². The van der Waals surface area contributed by atoms with Crippen LogP contribution in [0.5, 0.6) is 0 Å². The van der Waals surface area contributed by atoms with Crippen LogP contribution in [0.4, 0.5) is 0 Å². The monoisotopic (exact) mass is 269 g/mol. The number of thiophene rings is 1. The molecule has 1 unspecified atom stereocenters. The summed E-state index contributed by atoms with van der Waals surface area (Å²) in [5, 5.41) is 15.2. The van der Waals surface area contributed by atoms with Crippen LogP contribution >= 0.6 is 11.3 Å². The Kier molecular flexibility index (Phi) is 6.43. The Bertz CT molecular complexity index is 376. The number of hydrogen-bond acceptors (Lipinski definition) is 3. The van der Waals surface area contributed by atoms with Gasteiger partial charge in [0, 0.05) is 23.9 Å². The lowest BCUT2D eigenvalue weighted by atomic mass is 9.96. The summed E-state index contributed by atoms with van der Waals surface area (Å²) in [6.45, 7) is 2.65. The summed E-state index contributed by atoms with van der Waals surface area (Å²) >= 11 is 1.50. The standard InChI is InChI=1S/C13H19NO3S/c1-2-10(3-4-12(15)16)5-7-14-13(17)11-6-8-18-9-11/h6,8-10H,2-5,7H2,1H3,(H,14,17)(H,15,16). The van der Waals surface area contributed by atoms with Gasteiger partial charge in [0.1, 0.15) is 0 Å². The molecule has 2 N–H and O–H groups in total. The molecule has 0 bridgehead atoms. The van der Waals surface area contributed by atoms with Crippen LogP contribution in [0.3, 0.4) is 0 Å². The van der Waals surface area contributed by atoms with E-state index in [4.69, 9.17) is 5.11 Å². The van der Waals surface area contributed by atoms with Crippen LogP contribution in [0, 0.1) is 5.92 Å². The van der Waals surface area contributed by atoms with Crippen molar-refractivity contribution in [3.05, 3.63) is 22.4 Å². The Labute approximate surface area is 111 Å². The van der Waals surface area contributed by atoms with E-state index in [2.05, 4.69) is 5.32 Å². The second-order valence-electron chi connectivity index (χ2n) is 4.26. The normalized spacial score (nSPS) is 12.1. The average molecular weight is 269 g/mol. The SMILES string of the molecule is CCC(CCNC(=O)c1ccsc1)CCC(=O)O. The molecule has 0 aliphatic heterocycles. The highest BCUT2D eigenvalue weighted by molar-refractivity contribution is 7.08. The van der Waals surface area contributed by atoms with Gasteiger partial charge < -0.3 is 10.4 Å². The molecule has 1 aromatic rings. The van der Waals surface area contributed by atoms with E-state index in [1.807, 2.05) is 17.7 Å². The Balaban J connectivity index is 2.22. The number of rotatable bonds is 8. The van der Waals surface area contributed by atoms with Crippen LogP contribution in [0.15, 0.2) is 16.8 Å². The fraction of sp³-hybridized carbons (Fsp3) is 0.538. The van der Waals surface area contributed by atoms with Gasteiger partial charge in [-0.05, 0) is 30.2 Å². The van der Waals surface area contributed by atoms with Crippen LogP contribution in [0.2, 0.25) is 0 Å². The van der Waals surface area contributed by atoms with E-state index in [0.29, 0.717) is 24.4 Å². The maximum atomic E-state index is 11.6. The zero-order valence-electron chi connectivity index (χ0n) is 10.5. The minimum atomic E-state index is -0.754. The largest absolute Gasteiger partial charge is 0.481 e. The van der Waals surface area contributed by atoms with Crippen LogP contribution in [-0.2, 0) is 4.79 Å². The van der Waals surface area contributed by atoms with Gasteiger partial charge in [0.05, 0.1) is 0 Å². The van der Waals surface area contributed by atoms with Crippen LogP contribution in [0.1, 0.15) is 43.0 Å². The smallest absolute Gasteiger partial charge is 0.303 e. The molecule has 0 saturated heterocycles. The number of amides is 1. The van der Waals surface area contributed by atoms with Crippen LogP contribution in [0.25, 0.3) is 0 Å². The molecular formula is C13H19NO3S. The van der Waals surface area contributed by atoms with Crippen LogP contribution < -0.4 is 5.32 Å². The summed E-state index contributed by atoms with van der Waals surface area (Å²) in [5.74, 6) is -0.441. The number of carbonyl (C=O) groups excluding carboxylic acids is 1. The zero-order chi connectivity index (χ0) is 13.4. The molecule has 1 amide bonds. The molecule has 0 radical (unpaired) electrons. The molecular weight excluding hydrogens is 250 g/mol. The Morgan fingerprint density at radius 1 is 1.44 bits per heavy atom. The van der Waals surface area contributed by atoms with Gasteiger partial charge in [0.15, 0.2) is 0 Å². The maximum Gasteiger partial charge on any atom is 0.303 e. The Morgan fingerprint density at radius 2 is 2.22 bits per heavy atom. The van der Waals surface area contributed by atoms with Crippen molar-refractivity contribution in [3.8, 4) is 0 Å². The first-order chi connectivity index (χ1) is 8.63. The summed E-state index contributed by atoms with van der Waals surface area (Å²) in [6.07, 6.45) is 2.67. The summed E-state index contributed by atoms with van der Waals surface area (Å²) in [7, 11) is 0. The number of hydrogen-bond donors (Lipinski definition) is 2. The molecule has 1 heterocycles. The summed E-state index contributed by atoms with van der Waals surface area (Å²) < 4.78 is 0. The zero-order valence-corrected chi connectivity index (χ0v) is 11.3. The Morgan fingerprint density at radius 3 is 2.78 bits per heavy atom. The summed E-state index contributed by atoms with van der Waals surface area (Å²) in [5.41, 5.74) is 0.693. The third-order valence-electron chi connectivity index (χ3n) is 2.97. The molecule has 100 valence electrons. The first kappa shape index (κ1) is 14.7. The fourth-order valence-electron chi connectivity index (χ4n) is 1.77. The van der Waals surface area contributed by atoms with E-state index in [1.54, 1.807) is 6.07 Å². The minimum Gasteiger partial charge on any atom is -0.481 e. The van der Waals surface area contributed by atoms with E-state index in [-0.39, 0.29) is 12.3 Å². The van der Waals surface area contributed by atoms with Crippen molar-refractivity contribution in [1.29, 1.82) is 0 Å². The first-order valence-electron chi connectivity index (χ1n) is 6.15. The van der Waals surface area contributed by atoms with Crippen molar-refractivity contribution in [2.24, 2.45) is 5.92 Å². The van der Waals surface area contributed by atoms with E-state index in [0.717, 1.165) is 12.8 Å². The highest BCUT2D eigenvalue weighted by atomic mass is 32.1. The van der Waals surface area contributed by atoms with Gasteiger partial charge in [-0.1, -0.05) is 13.3 Å². The maximum absolute atomic E-state index is 11.6. The lowest BCUT2D eigenvalue weighted by Crippen LogP contribution is -2.25. The topological polar surface area (TPSA) is 66.4 Å². The van der Waals surface area contributed by atoms with Gasteiger partial charge in [-0.15, -0.1) is 0 Å². The second-order valence-corrected chi connectivity index (χ2v) is 5.04. The lowest BCUT2D eigenvalue weighted by molar-refractivity contribution is -0.137. The third-order valence-corrected chi connectivity index (χ3v) is 3.65. The van der Waals surface area contributed by atoms with Crippen molar-refractivity contribution in [2.75, 3.05) is 6.54 Å². The van der Waals surface area contributed by atoms with Gasteiger partial charge in [0.25, 0.3) is 5.91 Å². The molecule has 1 rings (SSSR count). The molecule has 5 heteroatoms. The minimum absolute atomic E-state index is 0.0515. The van der Waals surface area contributed by atoms with Crippen molar-refractivity contribution < 1.29 is 14.7 Å². The molecule has 0 aliphatic rings. The van der Waals surface area contributed by atoms with Crippen molar-refractivity contribution in [1.82, 2.24) is 5.32 Å². The number of carboxylic acids is 1. The van der Waals surface area contributed by atoms with E-state index in [9.17, 15) is 9.59 Å². The summed E-state index contributed by atoms with van der Waals surface area (Å²) in [4.78, 5) is 22.1. The van der Waals surface area contributed by atoms with Crippen LogP contribution in [-0.4, -0.2) is 23.5 Å². The number of carbonyl (C=O) groups is 2. The van der Waals surface area contributed by atoms with E-state index in [1.165, 1.54) is 11.3 Å². The predicted octanol–water partition coefficient (Wildman–Crippen LogP) is 2.76. The average Bonchev–Trinajstić information content (AvgIpc) is 2.86. The quantitative estimate of drug-likeness (QED) is 0.762. The van der Waals surface area contributed by atoms with E-state index >= 15 is 0 Å².